The van der Waals surface area contributed by atoms with Gasteiger partial charge in [0.25, 0.3) is 0 Å². The summed E-state index contributed by atoms with van der Waals surface area (Å²) in [5.74, 6) is 2.27. The van der Waals surface area contributed by atoms with Crippen LogP contribution in [0.4, 0.5) is 5.82 Å². The number of nitrogens with zero attached hydrogens (tertiary/aromatic N) is 2. The van der Waals surface area contributed by atoms with Crippen LogP contribution in [-0.4, -0.2) is 24.4 Å². The molecule has 1 aromatic rings. The molecule has 0 N–H and O–H groups in total. The number of rotatable bonds is 3. The maximum atomic E-state index is 10.9. The Morgan fingerprint density at radius 3 is 3.00 bits per heavy atom. The van der Waals surface area contributed by atoms with Gasteiger partial charge in [0.15, 0.2) is 6.29 Å². The van der Waals surface area contributed by atoms with Crippen molar-refractivity contribution in [1.29, 1.82) is 0 Å². The maximum absolute atomic E-state index is 10.9. The first-order chi connectivity index (χ1) is 7.72. The molecule has 1 fully saturated rings. The standard InChI is InChI=1S/C13H18N2O/c1-10(2)11-5-7-15(8-11)13-12(9-16)4-3-6-14-13/h3-4,6,9-11H,5,7-8H2,1-2H3. The molecule has 1 atom stereocenters. The lowest BCUT2D eigenvalue weighted by atomic mass is 9.95. The van der Waals surface area contributed by atoms with Gasteiger partial charge in [0.05, 0.1) is 5.56 Å². The number of hydrogen-bond donors (Lipinski definition) is 0. The first-order valence-electron chi connectivity index (χ1n) is 5.87. The van der Waals surface area contributed by atoms with Crippen LogP contribution in [0, 0.1) is 11.8 Å². The summed E-state index contributed by atoms with van der Waals surface area (Å²) in [4.78, 5) is 17.5. The summed E-state index contributed by atoms with van der Waals surface area (Å²) in [6.07, 6.45) is 3.85. The minimum Gasteiger partial charge on any atom is -0.356 e. The summed E-state index contributed by atoms with van der Waals surface area (Å²) in [6.45, 7) is 6.55. The zero-order valence-electron chi connectivity index (χ0n) is 9.89. The van der Waals surface area contributed by atoms with E-state index in [0.717, 1.165) is 31.1 Å². The van der Waals surface area contributed by atoms with Gasteiger partial charge < -0.3 is 4.90 Å². The Labute approximate surface area is 96.5 Å². The third-order valence-electron chi connectivity index (χ3n) is 3.41. The van der Waals surface area contributed by atoms with E-state index in [9.17, 15) is 4.79 Å². The molecule has 0 radical (unpaired) electrons. The van der Waals surface area contributed by atoms with E-state index in [1.54, 1.807) is 6.20 Å². The zero-order chi connectivity index (χ0) is 11.5. The Balaban J connectivity index is 2.17. The van der Waals surface area contributed by atoms with Gasteiger partial charge in [-0.15, -0.1) is 0 Å². The van der Waals surface area contributed by atoms with Crippen LogP contribution in [-0.2, 0) is 0 Å². The predicted octanol–water partition coefficient (Wildman–Crippen LogP) is 2.38. The molecule has 0 aliphatic carbocycles. The number of aldehydes is 1. The van der Waals surface area contributed by atoms with Gasteiger partial charge in [0, 0.05) is 19.3 Å². The van der Waals surface area contributed by atoms with E-state index in [4.69, 9.17) is 0 Å². The minimum atomic E-state index is 0.701. The molecule has 16 heavy (non-hydrogen) atoms. The second-order valence-corrected chi connectivity index (χ2v) is 4.77. The summed E-state index contributed by atoms with van der Waals surface area (Å²) < 4.78 is 0. The van der Waals surface area contributed by atoms with E-state index < -0.39 is 0 Å². The van der Waals surface area contributed by atoms with Crippen molar-refractivity contribution < 1.29 is 4.79 Å². The number of carbonyl (C=O) groups is 1. The van der Waals surface area contributed by atoms with E-state index in [-0.39, 0.29) is 0 Å². The Hall–Kier alpha value is -1.38. The third kappa shape index (κ3) is 2.08. The average molecular weight is 218 g/mol. The van der Waals surface area contributed by atoms with Gasteiger partial charge in [-0.2, -0.15) is 0 Å². The molecule has 0 spiro atoms. The molecule has 86 valence electrons. The average Bonchev–Trinajstić information content (AvgIpc) is 2.78. The number of anilines is 1. The van der Waals surface area contributed by atoms with E-state index in [1.165, 1.54) is 6.42 Å². The van der Waals surface area contributed by atoms with E-state index in [0.29, 0.717) is 11.5 Å². The Bertz CT molecular complexity index is 376. The number of hydrogen-bond acceptors (Lipinski definition) is 3. The Kier molecular flexibility index (Phi) is 3.22. The molecule has 2 heterocycles. The van der Waals surface area contributed by atoms with Crippen molar-refractivity contribution in [3.05, 3.63) is 23.9 Å². The van der Waals surface area contributed by atoms with E-state index in [2.05, 4.69) is 23.7 Å². The summed E-state index contributed by atoms with van der Waals surface area (Å²) in [6, 6.07) is 3.64. The minimum absolute atomic E-state index is 0.701. The third-order valence-corrected chi connectivity index (χ3v) is 3.41. The molecule has 0 amide bonds. The molecule has 3 nitrogen and oxygen atoms in total. The molecular weight excluding hydrogens is 200 g/mol. The molecular formula is C13H18N2O. The van der Waals surface area contributed by atoms with Gasteiger partial charge in [0.2, 0.25) is 0 Å². The molecule has 0 saturated carbocycles. The molecule has 0 aromatic carbocycles. The fourth-order valence-electron chi connectivity index (χ4n) is 2.29. The number of carbonyl (C=O) groups excluding carboxylic acids is 1. The molecule has 1 aliphatic rings. The first-order valence-corrected chi connectivity index (χ1v) is 5.87. The van der Waals surface area contributed by atoms with Gasteiger partial charge in [-0.1, -0.05) is 13.8 Å². The molecule has 3 heteroatoms. The molecule has 1 unspecified atom stereocenters. The van der Waals surface area contributed by atoms with E-state index >= 15 is 0 Å². The van der Waals surface area contributed by atoms with Crippen LogP contribution in [0.1, 0.15) is 30.6 Å². The van der Waals surface area contributed by atoms with Crippen molar-refractivity contribution >= 4 is 12.1 Å². The predicted molar refractivity (Wildman–Crippen MR) is 64.8 cm³/mol. The number of aromatic nitrogens is 1. The Morgan fingerprint density at radius 1 is 1.56 bits per heavy atom. The monoisotopic (exact) mass is 218 g/mol. The second-order valence-electron chi connectivity index (χ2n) is 4.77. The number of pyridine rings is 1. The lowest BCUT2D eigenvalue weighted by Crippen LogP contribution is -2.23. The van der Waals surface area contributed by atoms with Gasteiger partial charge in [0.1, 0.15) is 5.82 Å². The lowest BCUT2D eigenvalue weighted by Gasteiger charge is -2.20. The second kappa shape index (κ2) is 4.64. The van der Waals surface area contributed by atoms with Crippen molar-refractivity contribution in [2.75, 3.05) is 18.0 Å². The topological polar surface area (TPSA) is 33.2 Å². The molecule has 1 aliphatic heterocycles. The van der Waals surface area contributed by atoms with Gasteiger partial charge >= 0.3 is 0 Å². The first kappa shape index (κ1) is 11.1. The quantitative estimate of drug-likeness (QED) is 0.730. The van der Waals surface area contributed by atoms with Crippen LogP contribution in [0.3, 0.4) is 0 Å². The van der Waals surface area contributed by atoms with Gasteiger partial charge in [-0.3, -0.25) is 4.79 Å². The molecule has 0 bridgehead atoms. The summed E-state index contributed by atoms with van der Waals surface area (Å²) in [7, 11) is 0. The molecule has 2 rings (SSSR count). The highest BCUT2D eigenvalue weighted by atomic mass is 16.1. The SMILES string of the molecule is CC(C)C1CCN(c2ncccc2C=O)C1. The Morgan fingerprint density at radius 2 is 2.38 bits per heavy atom. The van der Waals surface area contributed by atoms with Crippen LogP contribution in [0.2, 0.25) is 0 Å². The highest BCUT2D eigenvalue weighted by Crippen LogP contribution is 2.28. The van der Waals surface area contributed by atoms with Crippen molar-refractivity contribution in [1.82, 2.24) is 4.98 Å². The molecule has 1 aromatic heterocycles. The zero-order valence-corrected chi connectivity index (χ0v) is 9.89. The normalized spacial score (nSPS) is 20.4. The smallest absolute Gasteiger partial charge is 0.153 e. The summed E-state index contributed by atoms with van der Waals surface area (Å²) in [5.41, 5.74) is 0.701. The van der Waals surface area contributed by atoms with Crippen molar-refractivity contribution in [3.8, 4) is 0 Å². The summed E-state index contributed by atoms with van der Waals surface area (Å²) >= 11 is 0. The van der Waals surface area contributed by atoms with Crippen molar-refractivity contribution in [2.24, 2.45) is 11.8 Å². The summed E-state index contributed by atoms with van der Waals surface area (Å²) in [5, 5.41) is 0. The van der Waals surface area contributed by atoms with Gasteiger partial charge in [-0.05, 0) is 30.4 Å². The van der Waals surface area contributed by atoms with Crippen LogP contribution in [0.15, 0.2) is 18.3 Å². The lowest BCUT2D eigenvalue weighted by molar-refractivity contribution is 0.112. The van der Waals surface area contributed by atoms with Gasteiger partial charge in [-0.25, -0.2) is 4.98 Å². The molecule has 1 saturated heterocycles. The van der Waals surface area contributed by atoms with Crippen molar-refractivity contribution in [3.63, 3.8) is 0 Å². The maximum Gasteiger partial charge on any atom is 0.153 e. The highest BCUT2D eigenvalue weighted by Gasteiger charge is 2.26. The van der Waals surface area contributed by atoms with Crippen LogP contribution in [0.25, 0.3) is 0 Å². The fraction of sp³-hybridized carbons (Fsp3) is 0.538. The fourth-order valence-corrected chi connectivity index (χ4v) is 2.29. The van der Waals surface area contributed by atoms with Crippen LogP contribution >= 0.6 is 0 Å². The largest absolute Gasteiger partial charge is 0.356 e. The highest BCUT2D eigenvalue weighted by molar-refractivity contribution is 5.82. The van der Waals surface area contributed by atoms with Crippen LogP contribution < -0.4 is 4.90 Å². The van der Waals surface area contributed by atoms with Crippen LogP contribution in [0.5, 0.6) is 0 Å². The van der Waals surface area contributed by atoms with Crippen molar-refractivity contribution in [2.45, 2.75) is 20.3 Å². The van der Waals surface area contributed by atoms with E-state index in [1.807, 2.05) is 12.1 Å².